The molecule has 0 saturated carbocycles. The Morgan fingerprint density at radius 2 is 2.06 bits per heavy atom. The minimum Gasteiger partial charge on any atom is -0.399 e. The lowest BCUT2D eigenvalue weighted by atomic mass is 10.0. The third-order valence-electron chi connectivity index (χ3n) is 6.70. The smallest absolute Gasteiger partial charge is 0.319 e. The fourth-order valence-electron chi connectivity index (χ4n) is 5.04. The summed E-state index contributed by atoms with van der Waals surface area (Å²) in [7, 11) is 0. The Bertz CT molecular complexity index is 1330. The van der Waals surface area contributed by atoms with Gasteiger partial charge >= 0.3 is 17.8 Å². The Balaban J connectivity index is 1.39. The van der Waals surface area contributed by atoms with Gasteiger partial charge in [0.1, 0.15) is 17.4 Å². The quantitative estimate of drug-likeness (QED) is 0.511. The van der Waals surface area contributed by atoms with Crippen molar-refractivity contribution in [2.24, 2.45) is 0 Å². The number of hydrogen-bond acceptors (Lipinski definition) is 7. The average molecular weight is 450 g/mol. The van der Waals surface area contributed by atoms with Crippen LogP contribution in [0.4, 0.5) is 10.4 Å². The molecule has 0 aromatic carbocycles. The van der Waals surface area contributed by atoms with E-state index in [4.69, 9.17) is 4.42 Å². The Morgan fingerprint density at radius 1 is 1.24 bits per heavy atom. The standard InChI is InChI=1S/C22H23FN8O2/c1-12-5-6-13(2)31(12)21(32)20-26-27-22(33-20)29-9-7-15-18(25-11-24-15)19(29)16-10-17-14(23)4-3-8-30(17)28-16/h3-4,8,10-13,19H,5-7,9H2,1-2H3,(H,24,25)/t12-,13+,19-/m1/s1. The van der Waals surface area contributed by atoms with Gasteiger partial charge in [-0.15, -0.1) is 5.10 Å². The van der Waals surface area contributed by atoms with Crippen LogP contribution < -0.4 is 4.90 Å². The van der Waals surface area contributed by atoms with Crippen molar-refractivity contribution in [2.75, 3.05) is 11.4 Å². The van der Waals surface area contributed by atoms with Crippen molar-refractivity contribution in [3.63, 3.8) is 0 Å². The van der Waals surface area contributed by atoms with Gasteiger partial charge < -0.3 is 19.2 Å². The number of nitrogens with one attached hydrogen (secondary N) is 1. The minimum absolute atomic E-state index is 0.0294. The molecule has 1 amide bonds. The Kier molecular flexibility index (Phi) is 4.46. The first kappa shape index (κ1) is 19.9. The molecule has 1 N–H and O–H groups in total. The number of hydrogen-bond donors (Lipinski definition) is 1. The summed E-state index contributed by atoms with van der Waals surface area (Å²) < 4.78 is 21.8. The van der Waals surface area contributed by atoms with Crippen LogP contribution in [0.1, 0.15) is 60.5 Å². The Morgan fingerprint density at radius 3 is 2.85 bits per heavy atom. The first-order chi connectivity index (χ1) is 16.0. The van der Waals surface area contributed by atoms with Crippen molar-refractivity contribution in [3.05, 3.63) is 59.5 Å². The maximum Gasteiger partial charge on any atom is 0.319 e. The highest BCUT2D eigenvalue weighted by Gasteiger charge is 2.38. The number of pyridine rings is 1. The molecule has 3 atom stereocenters. The van der Waals surface area contributed by atoms with Crippen molar-refractivity contribution in [1.29, 1.82) is 0 Å². The highest BCUT2D eigenvalue weighted by atomic mass is 19.1. The van der Waals surface area contributed by atoms with Crippen LogP contribution in [0.2, 0.25) is 0 Å². The second kappa shape index (κ2) is 7.39. The molecule has 1 saturated heterocycles. The number of carbonyl (C=O) groups excluding carboxylic acids is 1. The van der Waals surface area contributed by atoms with Crippen LogP contribution in [0.5, 0.6) is 0 Å². The van der Waals surface area contributed by atoms with E-state index in [1.165, 1.54) is 10.6 Å². The van der Waals surface area contributed by atoms with E-state index in [9.17, 15) is 9.18 Å². The molecule has 0 aliphatic carbocycles. The second-order valence-electron chi connectivity index (χ2n) is 8.75. The molecule has 10 nitrogen and oxygen atoms in total. The van der Waals surface area contributed by atoms with Crippen LogP contribution in [-0.2, 0) is 6.42 Å². The van der Waals surface area contributed by atoms with Crippen molar-refractivity contribution in [2.45, 2.75) is 51.2 Å². The van der Waals surface area contributed by atoms with Crippen LogP contribution in [-0.4, -0.2) is 59.2 Å². The van der Waals surface area contributed by atoms with Crippen LogP contribution in [0.25, 0.3) is 5.52 Å². The monoisotopic (exact) mass is 450 g/mol. The zero-order valence-corrected chi connectivity index (χ0v) is 18.3. The summed E-state index contributed by atoms with van der Waals surface area (Å²) in [6.07, 6.45) is 5.92. The molecule has 0 unspecified atom stereocenters. The maximum absolute atomic E-state index is 14.3. The van der Waals surface area contributed by atoms with E-state index in [0.29, 0.717) is 24.2 Å². The number of H-pyrrole nitrogens is 1. The normalized spacial score (nSPS) is 22.8. The molecule has 0 radical (unpaired) electrons. The van der Waals surface area contributed by atoms with Crippen molar-refractivity contribution in [3.8, 4) is 0 Å². The third kappa shape index (κ3) is 3.10. The number of aromatic amines is 1. The fourth-order valence-corrected chi connectivity index (χ4v) is 5.04. The molecule has 0 spiro atoms. The highest BCUT2D eigenvalue weighted by Crippen LogP contribution is 2.36. The predicted molar refractivity (Wildman–Crippen MR) is 115 cm³/mol. The molecule has 1 fully saturated rings. The third-order valence-corrected chi connectivity index (χ3v) is 6.70. The Hall–Kier alpha value is -3.76. The molecule has 4 aromatic heterocycles. The number of imidazole rings is 1. The van der Waals surface area contributed by atoms with Crippen LogP contribution in [0.15, 0.2) is 35.1 Å². The fraction of sp³-hybridized carbons (Fsp3) is 0.409. The van der Waals surface area contributed by atoms with E-state index in [0.717, 1.165) is 24.2 Å². The number of rotatable bonds is 3. The molecule has 170 valence electrons. The lowest BCUT2D eigenvalue weighted by molar-refractivity contribution is 0.0652. The van der Waals surface area contributed by atoms with Crippen LogP contribution in [0, 0.1) is 5.82 Å². The van der Waals surface area contributed by atoms with Gasteiger partial charge in [-0.05, 0) is 44.9 Å². The van der Waals surface area contributed by atoms with E-state index in [2.05, 4.69) is 25.3 Å². The number of amides is 1. The SMILES string of the molecule is C[C@@H]1CC[C@H](C)N1C(=O)c1nnc(N2CCc3[nH]cnc3[C@H]2c2cc3c(F)cccn3n2)o1. The van der Waals surface area contributed by atoms with Gasteiger partial charge in [-0.1, -0.05) is 5.10 Å². The molecular formula is C22H23FN8O2. The summed E-state index contributed by atoms with van der Waals surface area (Å²) in [5.41, 5.74) is 2.71. The number of aromatic nitrogens is 6. The molecule has 6 heterocycles. The van der Waals surface area contributed by atoms with E-state index in [-0.39, 0.29) is 35.7 Å². The molecule has 33 heavy (non-hydrogen) atoms. The van der Waals surface area contributed by atoms with Gasteiger partial charge in [0.25, 0.3) is 0 Å². The first-order valence-electron chi connectivity index (χ1n) is 11.1. The largest absolute Gasteiger partial charge is 0.399 e. The van der Waals surface area contributed by atoms with Crippen LogP contribution in [0.3, 0.4) is 0 Å². The molecular weight excluding hydrogens is 427 g/mol. The van der Waals surface area contributed by atoms with Gasteiger partial charge in [0.15, 0.2) is 0 Å². The van der Waals surface area contributed by atoms with E-state index >= 15 is 0 Å². The van der Waals surface area contributed by atoms with Gasteiger partial charge in [0.2, 0.25) is 0 Å². The predicted octanol–water partition coefficient (Wildman–Crippen LogP) is 2.74. The number of fused-ring (bicyclic) bond motifs is 2. The topological polar surface area (TPSA) is 108 Å². The lowest BCUT2D eigenvalue weighted by Crippen LogP contribution is -2.38. The lowest BCUT2D eigenvalue weighted by Gasteiger charge is -2.32. The zero-order valence-electron chi connectivity index (χ0n) is 18.3. The second-order valence-corrected chi connectivity index (χ2v) is 8.75. The average Bonchev–Trinajstić information content (AvgIpc) is 3.59. The molecule has 11 heteroatoms. The maximum atomic E-state index is 14.3. The van der Waals surface area contributed by atoms with Gasteiger partial charge in [-0.25, -0.2) is 13.9 Å². The van der Waals surface area contributed by atoms with Gasteiger partial charge in [-0.2, -0.15) is 5.10 Å². The Labute approximate surface area is 188 Å². The molecule has 4 aromatic rings. The summed E-state index contributed by atoms with van der Waals surface area (Å²) >= 11 is 0. The molecule has 0 bridgehead atoms. The molecule has 2 aliphatic heterocycles. The first-order valence-corrected chi connectivity index (χ1v) is 11.1. The van der Waals surface area contributed by atoms with E-state index in [1.54, 1.807) is 24.7 Å². The number of anilines is 1. The van der Waals surface area contributed by atoms with Crippen molar-refractivity contribution in [1.82, 2.24) is 34.7 Å². The number of halogens is 1. The van der Waals surface area contributed by atoms with Crippen molar-refractivity contribution >= 4 is 17.4 Å². The summed E-state index contributed by atoms with van der Waals surface area (Å²) in [5, 5.41) is 12.9. The van der Waals surface area contributed by atoms with Gasteiger partial charge in [0, 0.05) is 36.9 Å². The summed E-state index contributed by atoms with van der Waals surface area (Å²) in [5.74, 6) is -0.645. The van der Waals surface area contributed by atoms with Crippen molar-refractivity contribution < 1.29 is 13.6 Å². The summed E-state index contributed by atoms with van der Waals surface area (Å²) in [6, 6.07) is 4.72. The van der Waals surface area contributed by atoms with Crippen LogP contribution >= 0.6 is 0 Å². The number of likely N-dealkylation sites (tertiary alicyclic amines) is 1. The molecule has 2 aliphatic rings. The van der Waals surface area contributed by atoms with E-state index < -0.39 is 6.04 Å². The molecule has 6 rings (SSSR count). The highest BCUT2D eigenvalue weighted by molar-refractivity contribution is 5.90. The van der Waals surface area contributed by atoms with Gasteiger partial charge in [0.05, 0.1) is 17.7 Å². The zero-order chi connectivity index (χ0) is 22.7. The number of carbonyl (C=O) groups is 1. The number of nitrogens with zero attached hydrogens (tertiary/aromatic N) is 7. The minimum atomic E-state index is -0.465. The summed E-state index contributed by atoms with van der Waals surface area (Å²) in [6.45, 7) is 4.60. The van der Waals surface area contributed by atoms with E-state index in [1.807, 2.05) is 23.6 Å². The van der Waals surface area contributed by atoms with Gasteiger partial charge in [-0.3, -0.25) is 4.79 Å². The summed E-state index contributed by atoms with van der Waals surface area (Å²) in [4.78, 5) is 24.4.